The van der Waals surface area contributed by atoms with Crippen molar-refractivity contribution in [3.8, 4) is 0 Å². The van der Waals surface area contributed by atoms with Crippen LogP contribution in [0.1, 0.15) is 200 Å². The molecule has 0 radical (unpaired) electrons. The Morgan fingerprint density at radius 1 is 0.500 bits per heavy atom. The summed E-state index contributed by atoms with van der Waals surface area (Å²) >= 11 is 0. The van der Waals surface area contributed by atoms with E-state index in [4.69, 9.17) is 9.47 Å². The molecule has 0 saturated heterocycles. The highest BCUT2D eigenvalue weighted by Crippen LogP contribution is 2.15. The fourth-order valence-electron chi connectivity index (χ4n) is 5.45. The maximum absolute atomic E-state index is 12.0. The Hall–Kier alpha value is -0.610. The number of esters is 1. The van der Waals surface area contributed by atoms with E-state index >= 15 is 0 Å². The van der Waals surface area contributed by atoms with E-state index in [0.717, 1.165) is 19.3 Å². The van der Waals surface area contributed by atoms with Crippen LogP contribution in [0.5, 0.6) is 0 Å². The predicted molar refractivity (Wildman–Crippen MR) is 173 cm³/mol. The lowest BCUT2D eigenvalue weighted by Crippen LogP contribution is -2.27. The van der Waals surface area contributed by atoms with Crippen LogP contribution in [-0.2, 0) is 14.3 Å². The topological polar surface area (TPSA) is 55.8 Å². The van der Waals surface area contributed by atoms with Gasteiger partial charge in [0.15, 0.2) is 0 Å². The molecule has 0 saturated carbocycles. The number of ether oxygens (including phenoxy) is 2. The lowest BCUT2D eigenvalue weighted by atomic mass is 10.0. The second kappa shape index (κ2) is 34.6. The Kier molecular flexibility index (Phi) is 34.1. The van der Waals surface area contributed by atoms with E-state index in [1.54, 1.807) is 0 Å². The Bertz CT molecular complexity index is 481. The van der Waals surface area contributed by atoms with Gasteiger partial charge in [-0.3, -0.25) is 4.79 Å². The fourth-order valence-corrected chi connectivity index (χ4v) is 5.45. The first-order valence-corrected chi connectivity index (χ1v) is 18.1. The molecular weight excluding hydrogens is 496 g/mol. The summed E-state index contributed by atoms with van der Waals surface area (Å²) in [7, 11) is 0. The molecule has 4 nitrogen and oxygen atoms in total. The summed E-state index contributed by atoms with van der Waals surface area (Å²) < 4.78 is 11.1. The molecule has 1 atom stereocenters. The highest BCUT2D eigenvalue weighted by atomic mass is 16.6. The van der Waals surface area contributed by atoms with Gasteiger partial charge in [0.1, 0.15) is 6.10 Å². The van der Waals surface area contributed by atoms with Crippen LogP contribution in [0.4, 0.5) is 0 Å². The van der Waals surface area contributed by atoms with Crippen molar-refractivity contribution < 1.29 is 19.4 Å². The number of aliphatic hydroxyl groups excluding tert-OH is 1. The normalized spacial score (nSPS) is 12.2. The molecule has 4 heteroatoms. The number of unbranched alkanes of at least 4 members (excludes halogenated alkanes) is 26. The summed E-state index contributed by atoms with van der Waals surface area (Å²) in [5.41, 5.74) is 0. The first kappa shape index (κ1) is 39.4. The van der Waals surface area contributed by atoms with Gasteiger partial charge < -0.3 is 14.6 Å². The number of carbonyl (C=O) groups is 1. The maximum atomic E-state index is 12.0. The van der Waals surface area contributed by atoms with Gasteiger partial charge in [0.05, 0.1) is 13.2 Å². The fraction of sp³-hybridized carbons (Fsp3) is 0.972. The molecule has 0 aromatic carbocycles. The largest absolute Gasteiger partial charge is 0.457 e. The minimum absolute atomic E-state index is 0.164. The summed E-state index contributed by atoms with van der Waals surface area (Å²) in [5.74, 6) is -0.201. The minimum Gasteiger partial charge on any atom is -0.457 e. The average molecular weight is 569 g/mol. The highest BCUT2D eigenvalue weighted by Gasteiger charge is 2.13. The Morgan fingerprint density at radius 2 is 0.825 bits per heavy atom. The molecule has 0 rings (SSSR count). The van der Waals surface area contributed by atoms with E-state index in [1.165, 1.54) is 161 Å². The molecule has 0 aliphatic rings. The van der Waals surface area contributed by atoms with Crippen LogP contribution in [0.3, 0.4) is 0 Å². The summed E-state index contributed by atoms with van der Waals surface area (Å²) in [5, 5.41) is 9.50. The Balaban J connectivity index is 3.32. The molecule has 40 heavy (non-hydrogen) atoms. The smallest absolute Gasteiger partial charge is 0.306 e. The van der Waals surface area contributed by atoms with E-state index in [0.29, 0.717) is 19.6 Å². The Labute approximate surface area is 251 Å². The van der Waals surface area contributed by atoms with E-state index in [1.807, 2.05) is 0 Å². The van der Waals surface area contributed by atoms with Crippen LogP contribution in [0.25, 0.3) is 0 Å². The van der Waals surface area contributed by atoms with Gasteiger partial charge in [0, 0.05) is 13.0 Å². The van der Waals surface area contributed by atoms with Gasteiger partial charge in [0.2, 0.25) is 0 Å². The van der Waals surface area contributed by atoms with E-state index in [9.17, 15) is 9.90 Å². The van der Waals surface area contributed by atoms with Gasteiger partial charge >= 0.3 is 5.97 Å². The number of rotatable bonds is 34. The standard InChI is InChI=1S/C36H72O4/c1-3-5-7-9-11-13-14-15-16-17-18-19-20-21-22-23-24-26-28-30-32-39-34-35(33-37)40-36(38)31-29-27-25-12-10-8-6-4-2/h35,37H,3-34H2,1-2H3. The molecular formula is C36H72O4. The third-order valence-corrected chi connectivity index (χ3v) is 8.18. The van der Waals surface area contributed by atoms with Crippen molar-refractivity contribution in [3.05, 3.63) is 0 Å². The molecule has 1 unspecified atom stereocenters. The van der Waals surface area contributed by atoms with Crippen molar-refractivity contribution in [3.63, 3.8) is 0 Å². The summed E-state index contributed by atoms with van der Waals surface area (Å²) in [6.45, 7) is 5.35. The van der Waals surface area contributed by atoms with Gasteiger partial charge in [-0.15, -0.1) is 0 Å². The SMILES string of the molecule is CCCCCCCCCCCCCCCCCCCCCCOCC(CO)OC(=O)CCCCCCCCCC. The molecule has 0 aliphatic heterocycles. The monoisotopic (exact) mass is 569 g/mol. The third-order valence-electron chi connectivity index (χ3n) is 8.18. The number of carbonyl (C=O) groups excluding carboxylic acids is 1. The maximum Gasteiger partial charge on any atom is 0.306 e. The van der Waals surface area contributed by atoms with Crippen molar-refractivity contribution in [1.29, 1.82) is 0 Å². The molecule has 0 fully saturated rings. The van der Waals surface area contributed by atoms with Crippen LogP contribution in [0, 0.1) is 0 Å². The summed E-state index contributed by atoms with van der Waals surface area (Å²) in [4.78, 5) is 12.0. The zero-order valence-corrected chi connectivity index (χ0v) is 27.4. The van der Waals surface area contributed by atoms with E-state index in [2.05, 4.69) is 13.8 Å². The molecule has 0 heterocycles. The zero-order chi connectivity index (χ0) is 29.2. The molecule has 1 N–H and O–H groups in total. The van der Waals surface area contributed by atoms with Crippen LogP contribution in [-0.4, -0.2) is 37.0 Å². The third kappa shape index (κ3) is 31.9. The molecule has 0 aliphatic carbocycles. The minimum atomic E-state index is -0.522. The zero-order valence-electron chi connectivity index (χ0n) is 27.4. The van der Waals surface area contributed by atoms with Gasteiger partial charge in [-0.05, 0) is 12.8 Å². The van der Waals surface area contributed by atoms with Gasteiger partial charge in [-0.25, -0.2) is 0 Å². The van der Waals surface area contributed by atoms with E-state index < -0.39 is 6.10 Å². The molecule has 240 valence electrons. The van der Waals surface area contributed by atoms with Gasteiger partial charge in [0.25, 0.3) is 0 Å². The quantitative estimate of drug-likeness (QED) is 0.0619. The predicted octanol–water partition coefficient (Wildman–Crippen LogP) is 11.3. The molecule has 0 bridgehead atoms. The Morgan fingerprint density at radius 3 is 1.18 bits per heavy atom. The molecule has 0 aromatic heterocycles. The lowest BCUT2D eigenvalue weighted by molar-refractivity contribution is -0.154. The highest BCUT2D eigenvalue weighted by molar-refractivity contribution is 5.69. The van der Waals surface area contributed by atoms with Crippen LogP contribution in [0.2, 0.25) is 0 Å². The summed E-state index contributed by atoms with van der Waals surface area (Å²) in [6.07, 6.45) is 37.3. The van der Waals surface area contributed by atoms with Crippen molar-refractivity contribution in [2.75, 3.05) is 19.8 Å². The number of hydrogen-bond acceptors (Lipinski definition) is 4. The second-order valence-electron chi connectivity index (χ2n) is 12.3. The second-order valence-corrected chi connectivity index (χ2v) is 12.3. The molecule has 0 amide bonds. The van der Waals surface area contributed by atoms with Crippen LogP contribution < -0.4 is 0 Å². The first-order chi connectivity index (χ1) is 19.7. The first-order valence-electron chi connectivity index (χ1n) is 18.1. The number of aliphatic hydroxyl groups is 1. The lowest BCUT2D eigenvalue weighted by Gasteiger charge is -2.16. The molecule has 0 aromatic rings. The summed E-state index contributed by atoms with van der Waals surface area (Å²) in [6, 6.07) is 0. The average Bonchev–Trinajstić information content (AvgIpc) is 2.96. The van der Waals surface area contributed by atoms with Crippen LogP contribution in [0.15, 0.2) is 0 Å². The number of hydrogen-bond donors (Lipinski definition) is 1. The van der Waals surface area contributed by atoms with Crippen molar-refractivity contribution in [1.82, 2.24) is 0 Å². The van der Waals surface area contributed by atoms with Crippen LogP contribution >= 0.6 is 0 Å². The molecule has 0 spiro atoms. The van der Waals surface area contributed by atoms with Crippen molar-refractivity contribution in [2.24, 2.45) is 0 Å². The van der Waals surface area contributed by atoms with Gasteiger partial charge in [-0.1, -0.05) is 181 Å². The van der Waals surface area contributed by atoms with Crippen molar-refractivity contribution in [2.45, 2.75) is 206 Å². The van der Waals surface area contributed by atoms with E-state index in [-0.39, 0.29) is 12.6 Å². The van der Waals surface area contributed by atoms with Crippen molar-refractivity contribution >= 4 is 5.97 Å². The van der Waals surface area contributed by atoms with Gasteiger partial charge in [-0.2, -0.15) is 0 Å².